The molecule has 3 rings (SSSR count). The van der Waals surface area contributed by atoms with Gasteiger partial charge in [0.15, 0.2) is 0 Å². The maximum atomic E-state index is 12.5. The van der Waals surface area contributed by atoms with Gasteiger partial charge in [-0.05, 0) is 54.4 Å². The van der Waals surface area contributed by atoms with Crippen LogP contribution in [0.2, 0.25) is 0 Å². The molecular formula is C20H25N3O2S. The Morgan fingerprint density at radius 1 is 1.15 bits per heavy atom. The SMILES string of the molecule is CC(C)c1ccc(C(=O)Nc2sccc2C(=O)NC2CCCNC2)cc1. The summed E-state index contributed by atoms with van der Waals surface area (Å²) in [4.78, 5) is 25.1. The molecule has 5 nitrogen and oxygen atoms in total. The van der Waals surface area contributed by atoms with E-state index in [1.165, 1.54) is 16.9 Å². The minimum absolute atomic E-state index is 0.134. The van der Waals surface area contributed by atoms with Crippen LogP contribution in [0, 0.1) is 0 Å². The van der Waals surface area contributed by atoms with Crippen LogP contribution in [0.4, 0.5) is 5.00 Å². The molecule has 1 fully saturated rings. The third-order valence-electron chi connectivity index (χ3n) is 4.61. The van der Waals surface area contributed by atoms with Crippen LogP contribution in [0.1, 0.15) is 58.9 Å². The van der Waals surface area contributed by atoms with Crippen LogP contribution in [-0.4, -0.2) is 30.9 Å². The van der Waals surface area contributed by atoms with Gasteiger partial charge in [-0.1, -0.05) is 26.0 Å². The summed E-state index contributed by atoms with van der Waals surface area (Å²) in [7, 11) is 0. The lowest BCUT2D eigenvalue weighted by molar-refractivity contribution is 0.0932. The number of rotatable bonds is 5. The number of hydrogen-bond donors (Lipinski definition) is 3. The summed E-state index contributed by atoms with van der Waals surface area (Å²) in [6.45, 7) is 6.03. The van der Waals surface area contributed by atoms with Crippen molar-refractivity contribution >= 4 is 28.2 Å². The van der Waals surface area contributed by atoms with Gasteiger partial charge in [0, 0.05) is 18.2 Å². The third kappa shape index (κ3) is 4.51. The summed E-state index contributed by atoms with van der Waals surface area (Å²) in [5.41, 5.74) is 2.30. The van der Waals surface area contributed by atoms with E-state index in [-0.39, 0.29) is 17.9 Å². The highest BCUT2D eigenvalue weighted by Gasteiger charge is 2.20. The number of piperidine rings is 1. The summed E-state index contributed by atoms with van der Waals surface area (Å²) in [5.74, 6) is 0.0931. The van der Waals surface area contributed by atoms with Gasteiger partial charge in [-0.3, -0.25) is 9.59 Å². The van der Waals surface area contributed by atoms with Crippen LogP contribution < -0.4 is 16.0 Å². The van der Waals surface area contributed by atoms with Gasteiger partial charge in [0.25, 0.3) is 11.8 Å². The molecule has 0 saturated carbocycles. The third-order valence-corrected chi connectivity index (χ3v) is 5.44. The van der Waals surface area contributed by atoms with Crippen molar-refractivity contribution < 1.29 is 9.59 Å². The number of anilines is 1. The minimum Gasteiger partial charge on any atom is -0.348 e. The van der Waals surface area contributed by atoms with Gasteiger partial charge in [-0.15, -0.1) is 11.3 Å². The molecule has 0 radical (unpaired) electrons. The average Bonchev–Trinajstić information content (AvgIpc) is 3.11. The number of thiophene rings is 1. The van der Waals surface area contributed by atoms with Gasteiger partial charge in [-0.25, -0.2) is 0 Å². The van der Waals surface area contributed by atoms with Gasteiger partial charge in [0.1, 0.15) is 5.00 Å². The van der Waals surface area contributed by atoms with Gasteiger partial charge in [-0.2, -0.15) is 0 Å². The van der Waals surface area contributed by atoms with Crippen LogP contribution in [0.25, 0.3) is 0 Å². The Bertz CT molecular complexity index is 762. The quantitative estimate of drug-likeness (QED) is 0.752. The fraction of sp³-hybridized carbons (Fsp3) is 0.400. The molecule has 1 saturated heterocycles. The van der Waals surface area contributed by atoms with Crippen molar-refractivity contribution in [2.24, 2.45) is 0 Å². The molecule has 0 bridgehead atoms. The molecule has 1 aliphatic heterocycles. The van der Waals surface area contributed by atoms with Crippen molar-refractivity contribution in [3.05, 3.63) is 52.4 Å². The van der Waals surface area contributed by atoms with Crippen LogP contribution >= 0.6 is 11.3 Å². The molecule has 0 aliphatic carbocycles. The summed E-state index contributed by atoms with van der Waals surface area (Å²) in [6, 6.07) is 9.49. The van der Waals surface area contributed by atoms with Crippen molar-refractivity contribution in [2.75, 3.05) is 18.4 Å². The van der Waals surface area contributed by atoms with Crippen molar-refractivity contribution in [1.29, 1.82) is 0 Å². The summed E-state index contributed by atoms with van der Waals surface area (Å²) < 4.78 is 0. The van der Waals surface area contributed by atoms with E-state index in [0.717, 1.165) is 25.9 Å². The zero-order chi connectivity index (χ0) is 18.5. The maximum absolute atomic E-state index is 12.5. The first-order valence-corrected chi connectivity index (χ1v) is 9.93. The Morgan fingerprint density at radius 3 is 2.58 bits per heavy atom. The lowest BCUT2D eigenvalue weighted by Crippen LogP contribution is -2.45. The van der Waals surface area contributed by atoms with Crippen LogP contribution in [0.3, 0.4) is 0 Å². The molecule has 1 aromatic carbocycles. The van der Waals surface area contributed by atoms with E-state index in [9.17, 15) is 9.59 Å². The number of hydrogen-bond acceptors (Lipinski definition) is 4. The van der Waals surface area contributed by atoms with Gasteiger partial charge >= 0.3 is 0 Å². The highest BCUT2D eigenvalue weighted by Crippen LogP contribution is 2.24. The number of amides is 2. The standard InChI is InChI=1S/C20H25N3O2S/c1-13(2)14-5-7-15(8-6-14)18(24)23-20-17(9-11-26-20)19(25)22-16-4-3-10-21-12-16/h5-9,11,13,16,21H,3-4,10,12H2,1-2H3,(H,22,25)(H,23,24). The molecule has 1 atom stereocenters. The summed E-state index contributed by atoms with van der Waals surface area (Å²) in [5, 5.41) is 11.6. The van der Waals surface area contributed by atoms with E-state index in [2.05, 4.69) is 29.8 Å². The molecule has 1 unspecified atom stereocenters. The molecule has 3 N–H and O–H groups in total. The molecule has 2 amide bonds. The second kappa shape index (κ2) is 8.47. The molecule has 2 aromatic rings. The lowest BCUT2D eigenvalue weighted by atomic mass is 10.0. The van der Waals surface area contributed by atoms with Crippen molar-refractivity contribution in [2.45, 2.75) is 38.6 Å². The molecule has 6 heteroatoms. The normalized spacial score (nSPS) is 17.1. The van der Waals surface area contributed by atoms with Gasteiger partial charge in [0.2, 0.25) is 0 Å². The number of carbonyl (C=O) groups is 2. The second-order valence-corrected chi connectivity index (χ2v) is 7.83. The van der Waals surface area contributed by atoms with Crippen LogP contribution in [0.5, 0.6) is 0 Å². The van der Waals surface area contributed by atoms with Crippen molar-refractivity contribution in [3.63, 3.8) is 0 Å². The number of nitrogens with one attached hydrogen (secondary N) is 3. The Labute approximate surface area is 158 Å². The second-order valence-electron chi connectivity index (χ2n) is 6.91. The minimum atomic E-state index is -0.198. The Hall–Kier alpha value is -2.18. The fourth-order valence-electron chi connectivity index (χ4n) is 3.02. The lowest BCUT2D eigenvalue weighted by Gasteiger charge is -2.23. The van der Waals surface area contributed by atoms with E-state index in [1.54, 1.807) is 6.07 Å². The first-order valence-electron chi connectivity index (χ1n) is 9.05. The predicted molar refractivity (Wildman–Crippen MR) is 106 cm³/mol. The molecule has 0 spiro atoms. The summed E-state index contributed by atoms with van der Waals surface area (Å²) in [6.07, 6.45) is 2.04. The van der Waals surface area contributed by atoms with Crippen molar-refractivity contribution in [1.82, 2.24) is 10.6 Å². The van der Waals surface area contributed by atoms with E-state index < -0.39 is 0 Å². The van der Waals surface area contributed by atoms with Crippen molar-refractivity contribution in [3.8, 4) is 0 Å². The first-order chi connectivity index (χ1) is 12.5. The molecule has 1 aromatic heterocycles. The van der Waals surface area contributed by atoms with E-state index in [0.29, 0.717) is 22.0 Å². The number of benzene rings is 1. The highest BCUT2D eigenvalue weighted by atomic mass is 32.1. The van der Waals surface area contributed by atoms with Gasteiger partial charge < -0.3 is 16.0 Å². The monoisotopic (exact) mass is 371 g/mol. The molecule has 1 aliphatic rings. The van der Waals surface area contributed by atoms with E-state index in [4.69, 9.17) is 0 Å². The fourth-order valence-corrected chi connectivity index (χ4v) is 3.80. The molecular weight excluding hydrogens is 346 g/mol. The Balaban J connectivity index is 1.65. The van der Waals surface area contributed by atoms with Gasteiger partial charge in [0.05, 0.1) is 5.56 Å². The van der Waals surface area contributed by atoms with E-state index in [1.807, 2.05) is 29.6 Å². The highest BCUT2D eigenvalue weighted by molar-refractivity contribution is 7.14. The molecule has 26 heavy (non-hydrogen) atoms. The predicted octanol–water partition coefficient (Wildman–Crippen LogP) is 3.61. The molecule has 2 heterocycles. The Kier molecular flexibility index (Phi) is 6.06. The van der Waals surface area contributed by atoms with E-state index >= 15 is 0 Å². The zero-order valence-corrected chi connectivity index (χ0v) is 16.0. The smallest absolute Gasteiger partial charge is 0.256 e. The summed E-state index contributed by atoms with van der Waals surface area (Å²) >= 11 is 1.36. The Morgan fingerprint density at radius 2 is 1.92 bits per heavy atom. The van der Waals surface area contributed by atoms with Crippen LogP contribution in [0.15, 0.2) is 35.7 Å². The molecule has 138 valence electrons. The average molecular weight is 372 g/mol. The largest absolute Gasteiger partial charge is 0.348 e. The zero-order valence-electron chi connectivity index (χ0n) is 15.2. The number of carbonyl (C=O) groups excluding carboxylic acids is 2. The maximum Gasteiger partial charge on any atom is 0.256 e. The topological polar surface area (TPSA) is 70.2 Å². The van der Waals surface area contributed by atoms with Crippen LogP contribution in [-0.2, 0) is 0 Å². The first kappa shape index (κ1) is 18.6.